The molecule has 2 rings (SSSR count). The second kappa shape index (κ2) is 9.28. The second-order valence-corrected chi connectivity index (χ2v) is 6.70. The summed E-state index contributed by atoms with van der Waals surface area (Å²) in [5.41, 5.74) is 4.17. The highest BCUT2D eigenvalue weighted by molar-refractivity contribution is 5.98. The fourth-order valence-corrected chi connectivity index (χ4v) is 2.76. The monoisotopic (exact) mass is 368 g/mol. The minimum Gasteiger partial charge on any atom is -0.383 e. The van der Waals surface area contributed by atoms with Gasteiger partial charge in [-0.05, 0) is 33.8 Å². The summed E-state index contributed by atoms with van der Waals surface area (Å²) in [6.45, 7) is 12.5. The van der Waals surface area contributed by atoms with Crippen molar-refractivity contribution in [3.8, 4) is 11.3 Å². The number of ether oxygens (including phenoxy) is 1. The van der Waals surface area contributed by atoms with Crippen LogP contribution in [0.1, 0.15) is 35.3 Å². The Morgan fingerprint density at radius 3 is 2.52 bits per heavy atom. The fraction of sp³-hybridized carbons (Fsp3) is 0.381. The molecule has 0 radical (unpaired) electrons. The maximum absolute atomic E-state index is 12.8. The molecule has 0 aliphatic heterocycles. The molecule has 0 fully saturated rings. The predicted molar refractivity (Wildman–Crippen MR) is 111 cm³/mol. The van der Waals surface area contributed by atoms with Gasteiger partial charge in [-0.15, -0.1) is 0 Å². The number of benzene rings is 1. The van der Waals surface area contributed by atoms with Crippen LogP contribution in [0.5, 0.6) is 0 Å². The molecule has 0 aliphatic rings. The van der Waals surface area contributed by atoms with E-state index in [9.17, 15) is 4.79 Å². The van der Waals surface area contributed by atoms with E-state index in [1.54, 1.807) is 12.1 Å². The number of carbonyl (C=O) groups is 1. The average molecular weight is 368 g/mol. The zero-order valence-corrected chi connectivity index (χ0v) is 16.7. The van der Waals surface area contributed by atoms with Crippen LogP contribution in [0.25, 0.3) is 11.3 Å². The molecule has 1 aromatic carbocycles. The van der Waals surface area contributed by atoms with Gasteiger partial charge in [0, 0.05) is 43.1 Å². The van der Waals surface area contributed by atoms with Gasteiger partial charge in [-0.3, -0.25) is 4.79 Å². The van der Waals surface area contributed by atoms with Gasteiger partial charge in [0.15, 0.2) is 5.82 Å². The van der Waals surface area contributed by atoms with E-state index in [0.29, 0.717) is 24.5 Å². The molecule has 0 atom stereocenters. The standard InChI is InChI=1S/C21H28N4O2/c1-14(2)25(22-5)20-16(4)18(21(26)23-11-12-27-6)13-19(24-20)17-9-7-15(3)8-10-17/h7-10,13-14H,5,11-12H2,1-4,6H3,(H,23,26). The third-order valence-electron chi connectivity index (χ3n) is 4.29. The third-order valence-corrected chi connectivity index (χ3v) is 4.29. The topological polar surface area (TPSA) is 66.8 Å². The van der Waals surface area contributed by atoms with Crippen molar-refractivity contribution in [2.24, 2.45) is 5.10 Å². The van der Waals surface area contributed by atoms with E-state index in [0.717, 1.165) is 16.8 Å². The Labute approximate surface area is 161 Å². The van der Waals surface area contributed by atoms with Gasteiger partial charge in [0.25, 0.3) is 5.91 Å². The fourth-order valence-electron chi connectivity index (χ4n) is 2.76. The lowest BCUT2D eigenvalue weighted by Gasteiger charge is -2.25. The molecule has 0 aliphatic carbocycles. The number of aryl methyl sites for hydroxylation is 1. The van der Waals surface area contributed by atoms with Crippen molar-refractivity contribution in [1.82, 2.24) is 10.3 Å². The summed E-state index contributed by atoms with van der Waals surface area (Å²) in [5.74, 6) is 0.476. The molecule has 1 N–H and O–H groups in total. The van der Waals surface area contributed by atoms with Crippen molar-refractivity contribution < 1.29 is 9.53 Å². The van der Waals surface area contributed by atoms with E-state index in [4.69, 9.17) is 9.72 Å². The van der Waals surface area contributed by atoms with Crippen molar-refractivity contribution >= 4 is 18.4 Å². The Hall–Kier alpha value is -2.73. The molecule has 6 nitrogen and oxygen atoms in total. The smallest absolute Gasteiger partial charge is 0.251 e. The highest BCUT2D eigenvalue weighted by Gasteiger charge is 2.21. The Balaban J connectivity index is 2.57. The van der Waals surface area contributed by atoms with Gasteiger partial charge in [-0.1, -0.05) is 29.8 Å². The number of pyridine rings is 1. The van der Waals surface area contributed by atoms with Crippen LogP contribution in [0, 0.1) is 13.8 Å². The first kappa shape index (κ1) is 20.6. The van der Waals surface area contributed by atoms with Crippen LogP contribution in [0.2, 0.25) is 0 Å². The Kier molecular flexibility index (Phi) is 7.07. The van der Waals surface area contributed by atoms with Gasteiger partial charge < -0.3 is 10.1 Å². The Morgan fingerprint density at radius 2 is 1.96 bits per heavy atom. The van der Waals surface area contributed by atoms with Gasteiger partial charge >= 0.3 is 0 Å². The molecule has 1 aromatic heterocycles. The van der Waals surface area contributed by atoms with E-state index in [2.05, 4.69) is 17.1 Å². The van der Waals surface area contributed by atoms with Crippen molar-refractivity contribution in [3.63, 3.8) is 0 Å². The number of methoxy groups -OCH3 is 1. The van der Waals surface area contributed by atoms with Crippen LogP contribution in [0.3, 0.4) is 0 Å². The lowest BCUT2D eigenvalue weighted by molar-refractivity contribution is 0.0936. The van der Waals surface area contributed by atoms with Crippen LogP contribution >= 0.6 is 0 Å². The number of amides is 1. The number of hydrazone groups is 1. The molecular formula is C21H28N4O2. The highest BCUT2D eigenvalue weighted by atomic mass is 16.5. The van der Waals surface area contributed by atoms with Gasteiger partial charge in [0.05, 0.1) is 12.3 Å². The quantitative estimate of drug-likeness (QED) is 0.439. The molecule has 0 saturated heterocycles. The normalized spacial score (nSPS) is 10.7. The SMILES string of the molecule is C=NN(c1nc(-c2ccc(C)cc2)cc(C(=O)NCCOC)c1C)C(C)C. The number of nitrogens with one attached hydrogen (secondary N) is 1. The van der Waals surface area contributed by atoms with E-state index in [-0.39, 0.29) is 11.9 Å². The molecule has 1 amide bonds. The molecule has 2 aromatic rings. The minimum absolute atomic E-state index is 0.0615. The molecule has 27 heavy (non-hydrogen) atoms. The summed E-state index contributed by atoms with van der Waals surface area (Å²) < 4.78 is 5.01. The van der Waals surface area contributed by atoms with Crippen molar-refractivity contribution in [2.75, 3.05) is 25.3 Å². The van der Waals surface area contributed by atoms with Crippen molar-refractivity contribution in [2.45, 2.75) is 33.7 Å². The molecule has 0 bridgehead atoms. The van der Waals surface area contributed by atoms with Crippen LogP contribution in [0.4, 0.5) is 5.82 Å². The van der Waals surface area contributed by atoms with Gasteiger partial charge in [0.1, 0.15) is 0 Å². The number of aromatic nitrogens is 1. The minimum atomic E-state index is -0.158. The van der Waals surface area contributed by atoms with Crippen molar-refractivity contribution in [3.05, 3.63) is 47.0 Å². The lowest BCUT2D eigenvalue weighted by atomic mass is 10.0. The van der Waals surface area contributed by atoms with Crippen LogP contribution in [-0.2, 0) is 4.74 Å². The average Bonchev–Trinajstić information content (AvgIpc) is 2.64. The number of anilines is 1. The first-order valence-corrected chi connectivity index (χ1v) is 9.00. The molecular weight excluding hydrogens is 340 g/mol. The summed E-state index contributed by atoms with van der Waals surface area (Å²) in [5, 5.41) is 8.73. The summed E-state index contributed by atoms with van der Waals surface area (Å²) in [6, 6.07) is 9.95. The molecule has 1 heterocycles. The van der Waals surface area contributed by atoms with Gasteiger partial charge in [-0.25, -0.2) is 9.99 Å². The van der Waals surface area contributed by atoms with Gasteiger partial charge in [0.2, 0.25) is 0 Å². The zero-order chi connectivity index (χ0) is 20.0. The molecule has 0 spiro atoms. The maximum atomic E-state index is 12.8. The van der Waals surface area contributed by atoms with Gasteiger partial charge in [-0.2, -0.15) is 5.10 Å². The zero-order valence-electron chi connectivity index (χ0n) is 16.7. The van der Waals surface area contributed by atoms with E-state index in [1.807, 2.05) is 58.0 Å². The summed E-state index contributed by atoms with van der Waals surface area (Å²) in [6.07, 6.45) is 0. The molecule has 0 unspecified atom stereocenters. The summed E-state index contributed by atoms with van der Waals surface area (Å²) >= 11 is 0. The molecule has 144 valence electrons. The Bertz CT molecular complexity index is 801. The first-order chi connectivity index (χ1) is 12.9. The third kappa shape index (κ3) is 4.92. The number of nitrogens with zero attached hydrogens (tertiary/aromatic N) is 3. The highest BCUT2D eigenvalue weighted by Crippen LogP contribution is 2.29. The number of hydrogen-bond donors (Lipinski definition) is 1. The molecule has 6 heteroatoms. The lowest BCUT2D eigenvalue weighted by Crippen LogP contribution is -2.30. The van der Waals surface area contributed by atoms with Crippen LogP contribution in [0.15, 0.2) is 35.4 Å². The second-order valence-electron chi connectivity index (χ2n) is 6.70. The number of hydrogen-bond acceptors (Lipinski definition) is 5. The predicted octanol–water partition coefficient (Wildman–Crippen LogP) is 3.57. The number of rotatable bonds is 8. The Morgan fingerprint density at radius 1 is 1.30 bits per heavy atom. The number of carbonyl (C=O) groups excluding carboxylic acids is 1. The summed E-state index contributed by atoms with van der Waals surface area (Å²) in [4.78, 5) is 17.5. The van der Waals surface area contributed by atoms with E-state index >= 15 is 0 Å². The van der Waals surface area contributed by atoms with Crippen molar-refractivity contribution in [1.29, 1.82) is 0 Å². The van der Waals surface area contributed by atoms with Crippen LogP contribution < -0.4 is 10.3 Å². The first-order valence-electron chi connectivity index (χ1n) is 9.00. The van der Waals surface area contributed by atoms with Crippen LogP contribution in [-0.4, -0.2) is 43.9 Å². The molecule has 0 saturated carbocycles. The summed E-state index contributed by atoms with van der Waals surface area (Å²) in [7, 11) is 1.60. The van der Waals surface area contributed by atoms with E-state index < -0.39 is 0 Å². The van der Waals surface area contributed by atoms with E-state index in [1.165, 1.54) is 5.56 Å². The maximum Gasteiger partial charge on any atom is 0.251 e. The largest absolute Gasteiger partial charge is 0.383 e.